The predicted molar refractivity (Wildman–Crippen MR) is 136 cm³/mol. The molecule has 0 saturated heterocycles. The van der Waals surface area contributed by atoms with Gasteiger partial charge in [-0.3, -0.25) is 14.5 Å². The molecule has 1 unspecified atom stereocenters. The van der Waals surface area contributed by atoms with Crippen molar-refractivity contribution in [2.45, 2.75) is 13.0 Å². The van der Waals surface area contributed by atoms with Crippen LogP contribution in [0.2, 0.25) is 0 Å². The number of ketones is 1. The number of aliphatic hydroxyl groups is 1. The minimum atomic E-state index is -0.872. The Kier molecular flexibility index (Phi) is 4.93. The van der Waals surface area contributed by atoms with E-state index in [1.807, 2.05) is 49.4 Å². The van der Waals surface area contributed by atoms with Gasteiger partial charge < -0.3 is 19.2 Å². The zero-order valence-electron chi connectivity index (χ0n) is 19.6. The van der Waals surface area contributed by atoms with Crippen molar-refractivity contribution in [2.75, 3.05) is 12.0 Å². The highest BCUT2D eigenvalue weighted by atomic mass is 16.5. The average Bonchev–Trinajstić information content (AvgIpc) is 3.55. The highest BCUT2D eigenvalue weighted by molar-refractivity contribution is 6.21. The lowest BCUT2D eigenvalue weighted by molar-refractivity contribution is -0.117. The van der Waals surface area contributed by atoms with Gasteiger partial charge in [-0.05, 0) is 49.4 Å². The van der Waals surface area contributed by atoms with Gasteiger partial charge in [-0.25, -0.2) is 0 Å². The number of aromatic amines is 1. The minimum Gasteiger partial charge on any atom is -0.503 e. The first-order chi connectivity index (χ1) is 17.5. The summed E-state index contributed by atoms with van der Waals surface area (Å²) in [6.45, 7) is 1.89. The van der Waals surface area contributed by atoms with Gasteiger partial charge in [0.25, 0.3) is 5.91 Å². The Morgan fingerprint density at radius 3 is 2.50 bits per heavy atom. The lowest BCUT2D eigenvalue weighted by Crippen LogP contribution is -2.31. The lowest BCUT2D eigenvalue weighted by atomic mass is 9.92. The van der Waals surface area contributed by atoms with Gasteiger partial charge in [-0.2, -0.15) is 0 Å². The summed E-state index contributed by atoms with van der Waals surface area (Å²) in [4.78, 5) is 32.2. The number of nitrogens with one attached hydrogen (secondary N) is 1. The standard InChI is InChI=1S/C29H22N2O5/c1-16-24(20-8-4-5-9-21(20)30-16)26-25(27(32)23-15-17-7-3-6-10-22(17)36-23)28(33)29(34)31(26)18-11-13-19(35-2)14-12-18/h3-15,26,30,33H,1-2H3. The molecular formula is C29H22N2O5. The van der Waals surface area contributed by atoms with Gasteiger partial charge in [-0.1, -0.05) is 36.4 Å². The van der Waals surface area contributed by atoms with Crippen molar-refractivity contribution in [2.24, 2.45) is 0 Å². The third kappa shape index (κ3) is 3.20. The summed E-state index contributed by atoms with van der Waals surface area (Å²) in [7, 11) is 1.56. The molecule has 1 aliphatic heterocycles. The number of hydrogen-bond donors (Lipinski definition) is 2. The minimum absolute atomic E-state index is 0.0253. The molecule has 178 valence electrons. The Labute approximate surface area is 206 Å². The SMILES string of the molecule is COc1ccc(N2C(=O)C(O)=C(C(=O)c3cc4ccccc4o3)C2c2c(C)[nH]c3ccccc23)cc1. The van der Waals surface area contributed by atoms with Gasteiger partial charge in [0.1, 0.15) is 11.3 Å². The van der Waals surface area contributed by atoms with Crippen molar-refractivity contribution in [3.63, 3.8) is 0 Å². The number of carbonyl (C=O) groups is 2. The second-order valence-electron chi connectivity index (χ2n) is 8.72. The summed E-state index contributed by atoms with van der Waals surface area (Å²) >= 11 is 0. The van der Waals surface area contributed by atoms with E-state index in [1.165, 1.54) is 4.90 Å². The highest BCUT2D eigenvalue weighted by Gasteiger charge is 2.46. The fourth-order valence-electron chi connectivity index (χ4n) is 5.00. The number of anilines is 1. The molecule has 5 aromatic rings. The molecule has 0 bridgehead atoms. The second-order valence-corrected chi connectivity index (χ2v) is 8.72. The molecule has 7 heteroatoms. The van der Waals surface area contributed by atoms with E-state index < -0.39 is 23.5 Å². The molecule has 36 heavy (non-hydrogen) atoms. The Bertz CT molecular complexity index is 1660. The van der Waals surface area contributed by atoms with Crippen molar-refractivity contribution in [3.05, 3.63) is 107 Å². The van der Waals surface area contributed by atoms with Crippen LogP contribution in [0.25, 0.3) is 21.9 Å². The Balaban J connectivity index is 1.57. The number of amides is 1. The number of para-hydroxylation sites is 2. The fraction of sp³-hybridized carbons (Fsp3) is 0.103. The molecule has 1 aliphatic rings. The van der Waals surface area contributed by atoms with E-state index >= 15 is 0 Å². The molecule has 2 N–H and O–H groups in total. The van der Waals surface area contributed by atoms with Crippen LogP contribution in [-0.2, 0) is 4.79 Å². The Morgan fingerprint density at radius 1 is 1.03 bits per heavy atom. The number of aliphatic hydroxyl groups excluding tert-OH is 1. The van der Waals surface area contributed by atoms with Crippen molar-refractivity contribution in [1.82, 2.24) is 4.98 Å². The van der Waals surface area contributed by atoms with Crippen LogP contribution >= 0.6 is 0 Å². The number of fused-ring (bicyclic) bond motifs is 2. The molecule has 0 radical (unpaired) electrons. The number of ether oxygens (including phenoxy) is 1. The number of rotatable bonds is 5. The van der Waals surface area contributed by atoms with Crippen LogP contribution in [0.5, 0.6) is 5.75 Å². The zero-order valence-corrected chi connectivity index (χ0v) is 19.6. The number of H-pyrrole nitrogens is 1. The van der Waals surface area contributed by atoms with Crippen molar-refractivity contribution in [3.8, 4) is 5.75 Å². The quantitative estimate of drug-likeness (QED) is 0.302. The monoisotopic (exact) mass is 478 g/mol. The molecule has 7 nitrogen and oxygen atoms in total. The van der Waals surface area contributed by atoms with E-state index in [4.69, 9.17) is 9.15 Å². The van der Waals surface area contributed by atoms with Gasteiger partial charge in [-0.15, -0.1) is 0 Å². The molecule has 6 rings (SSSR count). The summed E-state index contributed by atoms with van der Waals surface area (Å²) in [6, 6.07) is 22.7. The van der Waals surface area contributed by atoms with Crippen LogP contribution in [0.1, 0.15) is 27.9 Å². The number of hydrogen-bond acceptors (Lipinski definition) is 5. The van der Waals surface area contributed by atoms with Crippen LogP contribution in [0, 0.1) is 6.92 Å². The smallest absolute Gasteiger partial charge is 0.294 e. The molecule has 0 spiro atoms. The molecule has 0 aliphatic carbocycles. The van der Waals surface area contributed by atoms with Crippen LogP contribution < -0.4 is 9.64 Å². The normalized spacial score (nSPS) is 15.9. The summed E-state index contributed by atoms with van der Waals surface area (Å²) in [5.41, 5.74) is 3.44. The van der Waals surface area contributed by atoms with Crippen molar-refractivity contribution >= 4 is 39.2 Å². The maximum Gasteiger partial charge on any atom is 0.294 e. The summed E-state index contributed by atoms with van der Waals surface area (Å²) in [5.74, 6) is -1.10. The van der Waals surface area contributed by atoms with Crippen LogP contribution in [0.4, 0.5) is 5.69 Å². The summed E-state index contributed by atoms with van der Waals surface area (Å²) in [5, 5.41) is 12.7. The highest BCUT2D eigenvalue weighted by Crippen LogP contribution is 2.45. The van der Waals surface area contributed by atoms with Crippen molar-refractivity contribution < 1.29 is 23.8 Å². The predicted octanol–water partition coefficient (Wildman–Crippen LogP) is 6.01. The molecule has 0 fully saturated rings. The number of aromatic nitrogens is 1. The molecule has 1 atom stereocenters. The maximum atomic E-state index is 13.9. The Hall–Kier alpha value is -4.78. The van der Waals surface area contributed by atoms with E-state index in [-0.39, 0.29) is 11.3 Å². The van der Waals surface area contributed by atoms with E-state index in [9.17, 15) is 14.7 Å². The number of benzene rings is 3. The van der Waals surface area contributed by atoms with E-state index in [1.54, 1.807) is 43.5 Å². The van der Waals surface area contributed by atoms with Gasteiger partial charge in [0.15, 0.2) is 11.5 Å². The molecule has 1 amide bonds. The largest absolute Gasteiger partial charge is 0.503 e. The number of nitrogens with zero attached hydrogens (tertiary/aromatic N) is 1. The van der Waals surface area contributed by atoms with Crippen molar-refractivity contribution in [1.29, 1.82) is 0 Å². The molecular weight excluding hydrogens is 456 g/mol. The first kappa shape index (κ1) is 21.7. The second kappa shape index (κ2) is 8.16. The molecule has 3 heterocycles. The molecule has 0 saturated carbocycles. The third-order valence-corrected chi connectivity index (χ3v) is 6.67. The molecule has 3 aromatic carbocycles. The fourth-order valence-corrected chi connectivity index (χ4v) is 5.00. The Morgan fingerprint density at radius 2 is 1.75 bits per heavy atom. The van der Waals surface area contributed by atoms with Gasteiger partial charge in [0, 0.05) is 33.2 Å². The zero-order chi connectivity index (χ0) is 25.0. The van der Waals surface area contributed by atoms with E-state index in [0.717, 1.165) is 27.5 Å². The summed E-state index contributed by atoms with van der Waals surface area (Å²) < 4.78 is 11.1. The van der Waals surface area contributed by atoms with Crippen LogP contribution in [0.15, 0.2) is 94.6 Å². The summed E-state index contributed by atoms with van der Waals surface area (Å²) in [6.07, 6.45) is 0. The number of methoxy groups -OCH3 is 1. The number of Topliss-reactive ketones (excluding diaryl/α,β-unsaturated/α-hetero) is 1. The van der Waals surface area contributed by atoms with Crippen LogP contribution in [-0.4, -0.2) is 28.9 Å². The first-order valence-corrected chi connectivity index (χ1v) is 11.5. The van der Waals surface area contributed by atoms with Crippen LogP contribution in [0.3, 0.4) is 0 Å². The first-order valence-electron chi connectivity index (χ1n) is 11.5. The van der Waals surface area contributed by atoms with Gasteiger partial charge in [0.2, 0.25) is 5.78 Å². The average molecular weight is 479 g/mol. The maximum absolute atomic E-state index is 13.9. The van der Waals surface area contributed by atoms with Gasteiger partial charge >= 0.3 is 0 Å². The van der Waals surface area contributed by atoms with E-state index in [0.29, 0.717) is 17.0 Å². The topological polar surface area (TPSA) is 95.8 Å². The number of aryl methyl sites for hydroxylation is 1. The molecule has 2 aromatic heterocycles. The number of furan rings is 1. The van der Waals surface area contributed by atoms with Gasteiger partial charge in [0.05, 0.1) is 18.7 Å². The number of carbonyl (C=O) groups excluding carboxylic acids is 2. The third-order valence-electron chi connectivity index (χ3n) is 6.67. The van der Waals surface area contributed by atoms with E-state index in [2.05, 4.69) is 4.98 Å². The lowest BCUT2D eigenvalue weighted by Gasteiger charge is -2.27.